The summed E-state index contributed by atoms with van der Waals surface area (Å²) >= 11 is 0. The molecule has 0 spiro atoms. The van der Waals surface area contributed by atoms with Crippen molar-refractivity contribution in [3.8, 4) is 0 Å². The SMILES string of the molecule is CC[C@H](C)[C@H](NC(=O)[C@H](C)NC(=O)[C@@H](N)Cc1ccccc1)C(=O)OC[C@H]1O[C@@H](n2cc(F)c(=O)[nH]c2=O)[C@H](O)[C@@H]1O.Cl. The van der Waals surface area contributed by atoms with Crippen LogP contribution in [0.5, 0.6) is 0 Å². The Labute approximate surface area is 252 Å². The maximum atomic E-state index is 13.7. The fraction of sp³-hybridized carbons (Fsp3) is 0.519. The highest BCUT2D eigenvalue weighted by Gasteiger charge is 2.45. The molecule has 1 aromatic heterocycles. The molecular formula is C27H37ClFN5O9. The number of amides is 2. The Balaban J connectivity index is 0.00000645. The summed E-state index contributed by atoms with van der Waals surface area (Å²) in [5.41, 5.74) is 4.48. The fourth-order valence-electron chi connectivity index (χ4n) is 4.29. The summed E-state index contributed by atoms with van der Waals surface area (Å²) in [6, 6.07) is 6.04. The number of benzene rings is 1. The summed E-state index contributed by atoms with van der Waals surface area (Å²) in [5, 5.41) is 25.8. The van der Waals surface area contributed by atoms with Crippen molar-refractivity contribution in [2.24, 2.45) is 11.7 Å². The number of ether oxygens (including phenoxy) is 2. The largest absolute Gasteiger partial charge is 0.461 e. The van der Waals surface area contributed by atoms with Crippen LogP contribution in [0.1, 0.15) is 39.0 Å². The summed E-state index contributed by atoms with van der Waals surface area (Å²) in [6.07, 6.45) is -5.01. The molecular weight excluding hydrogens is 593 g/mol. The van der Waals surface area contributed by atoms with Gasteiger partial charge in [0.25, 0.3) is 5.56 Å². The molecule has 238 valence electrons. The van der Waals surface area contributed by atoms with E-state index in [2.05, 4.69) is 10.6 Å². The van der Waals surface area contributed by atoms with Gasteiger partial charge in [-0.3, -0.25) is 23.9 Å². The standard InChI is InChI=1S/C27H36FN5O9.ClH/c1-4-13(2)19(31-22(36)14(3)30-24(38)17(29)10-15-8-6-5-7-9-15)26(39)41-12-18-20(34)21(35)25(42-18)33-11-16(28)23(37)32-27(33)40;/h5-9,11,13-14,17-21,25,34-35H,4,10,12,29H2,1-3H3,(H,30,38)(H,31,36)(H,32,37,40);1H/t13-,14-,17-,18+,19-,20+,21+,25+;/m0./s1. The van der Waals surface area contributed by atoms with Gasteiger partial charge in [-0.15, -0.1) is 12.4 Å². The number of hydrogen-bond acceptors (Lipinski definition) is 10. The molecule has 0 bridgehead atoms. The maximum Gasteiger partial charge on any atom is 0.330 e. The van der Waals surface area contributed by atoms with Crippen LogP contribution in [0.3, 0.4) is 0 Å². The molecule has 0 aliphatic carbocycles. The molecule has 0 saturated carbocycles. The van der Waals surface area contributed by atoms with E-state index in [0.717, 1.165) is 5.56 Å². The smallest absolute Gasteiger partial charge is 0.330 e. The van der Waals surface area contributed by atoms with E-state index in [4.69, 9.17) is 15.2 Å². The van der Waals surface area contributed by atoms with E-state index in [1.54, 1.807) is 18.8 Å². The Morgan fingerprint density at radius 3 is 2.40 bits per heavy atom. The van der Waals surface area contributed by atoms with Crippen LogP contribution in [0.4, 0.5) is 4.39 Å². The van der Waals surface area contributed by atoms with Gasteiger partial charge in [0.05, 0.1) is 12.2 Å². The van der Waals surface area contributed by atoms with Crippen LogP contribution < -0.4 is 27.6 Å². The molecule has 7 N–H and O–H groups in total. The zero-order chi connectivity index (χ0) is 31.1. The zero-order valence-electron chi connectivity index (χ0n) is 23.8. The molecule has 3 rings (SSSR count). The molecule has 43 heavy (non-hydrogen) atoms. The topological polar surface area (TPSA) is 215 Å². The summed E-state index contributed by atoms with van der Waals surface area (Å²) in [4.78, 5) is 63.5. The van der Waals surface area contributed by atoms with Crippen LogP contribution in [0.25, 0.3) is 0 Å². The van der Waals surface area contributed by atoms with Gasteiger partial charge in [-0.25, -0.2) is 9.59 Å². The number of carbonyl (C=O) groups is 3. The van der Waals surface area contributed by atoms with Crippen molar-refractivity contribution in [2.45, 2.75) is 76.3 Å². The van der Waals surface area contributed by atoms with Gasteiger partial charge in [0.2, 0.25) is 17.6 Å². The van der Waals surface area contributed by atoms with Crippen LogP contribution in [0.15, 0.2) is 46.1 Å². The van der Waals surface area contributed by atoms with E-state index in [1.807, 2.05) is 30.3 Å². The van der Waals surface area contributed by atoms with Crippen LogP contribution in [-0.2, 0) is 30.3 Å². The summed E-state index contributed by atoms with van der Waals surface area (Å²) in [6.45, 7) is 4.34. The number of aromatic amines is 1. The summed E-state index contributed by atoms with van der Waals surface area (Å²) in [5.74, 6) is -3.81. The number of rotatable bonds is 12. The van der Waals surface area contributed by atoms with Crippen molar-refractivity contribution >= 4 is 30.2 Å². The lowest BCUT2D eigenvalue weighted by Crippen LogP contribution is -2.55. The van der Waals surface area contributed by atoms with Crippen LogP contribution >= 0.6 is 12.4 Å². The Bertz CT molecular complexity index is 1370. The zero-order valence-corrected chi connectivity index (χ0v) is 24.6. The van der Waals surface area contributed by atoms with Crippen molar-refractivity contribution in [2.75, 3.05) is 6.61 Å². The number of hydrogen-bond donors (Lipinski definition) is 6. The molecule has 1 fully saturated rings. The number of H-pyrrole nitrogens is 1. The van der Waals surface area contributed by atoms with Crippen LogP contribution in [-0.4, -0.2) is 80.6 Å². The maximum absolute atomic E-state index is 13.7. The molecule has 1 aliphatic heterocycles. The van der Waals surface area contributed by atoms with Gasteiger partial charge >= 0.3 is 11.7 Å². The van der Waals surface area contributed by atoms with Gasteiger partial charge in [0.1, 0.15) is 37.0 Å². The van der Waals surface area contributed by atoms with Crippen molar-refractivity contribution in [3.05, 3.63) is 68.7 Å². The second kappa shape index (κ2) is 15.7. The molecule has 0 radical (unpaired) electrons. The first-order valence-corrected chi connectivity index (χ1v) is 13.4. The molecule has 2 aromatic rings. The highest BCUT2D eigenvalue weighted by Crippen LogP contribution is 2.28. The molecule has 1 saturated heterocycles. The van der Waals surface area contributed by atoms with E-state index in [0.29, 0.717) is 17.2 Å². The number of nitrogens with one attached hydrogen (secondary N) is 3. The number of aliphatic hydroxyl groups excluding tert-OH is 2. The molecule has 1 aromatic carbocycles. The molecule has 16 heteroatoms. The van der Waals surface area contributed by atoms with Crippen molar-refractivity contribution in [1.82, 2.24) is 20.2 Å². The predicted molar refractivity (Wildman–Crippen MR) is 153 cm³/mol. The van der Waals surface area contributed by atoms with Crippen molar-refractivity contribution in [3.63, 3.8) is 0 Å². The molecule has 2 heterocycles. The number of halogens is 2. The first-order valence-electron chi connectivity index (χ1n) is 13.4. The lowest BCUT2D eigenvalue weighted by molar-refractivity contribution is -0.155. The molecule has 0 unspecified atom stereocenters. The van der Waals surface area contributed by atoms with E-state index >= 15 is 0 Å². The highest BCUT2D eigenvalue weighted by atomic mass is 35.5. The number of aliphatic hydroxyl groups is 2. The Morgan fingerprint density at radius 2 is 1.77 bits per heavy atom. The first kappa shape index (κ1) is 35.6. The molecule has 8 atom stereocenters. The molecule has 2 amide bonds. The number of aromatic nitrogens is 2. The predicted octanol–water partition coefficient (Wildman–Crippen LogP) is -1.13. The second-order valence-corrected chi connectivity index (χ2v) is 10.2. The minimum atomic E-state index is -1.72. The fourth-order valence-corrected chi connectivity index (χ4v) is 4.29. The van der Waals surface area contributed by atoms with Gasteiger partial charge < -0.3 is 36.1 Å². The van der Waals surface area contributed by atoms with E-state index in [9.17, 15) is 38.6 Å². The van der Waals surface area contributed by atoms with Crippen molar-refractivity contribution < 1.29 is 38.5 Å². The van der Waals surface area contributed by atoms with Gasteiger partial charge in [-0.2, -0.15) is 4.39 Å². The van der Waals surface area contributed by atoms with E-state index in [-0.39, 0.29) is 18.8 Å². The average molecular weight is 630 g/mol. The second-order valence-electron chi connectivity index (χ2n) is 10.2. The third-order valence-corrected chi connectivity index (χ3v) is 7.08. The first-order chi connectivity index (χ1) is 19.8. The minimum absolute atomic E-state index is 0. The van der Waals surface area contributed by atoms with Crippen LogP contribution in [0.2, 0.25) is 0 Å². The van der Waals surface area contributed by atoms with Gasteiger partial charge in [0.15, 0.2) is 6.23 Å². The van der Waals surface area contributed by atoms with Crippen LogP contribution in [0, 0.1) is 11.7 Å². The third kappa shape index (κ3) is 8.93. The molecule has 1 aliphatic rings. The third-order valence-electron chi connectivity index (χ3n) is 7.08. The number of nitrogens with two attached hydrogens (primary N) is 1. The number of nitrogens with zero attached hydrogens (tertiary/aromatic N) is 1. The lowest BCUT2D eigenvalue weighted by atomic mass is 9.98. The number of esters is 1. The number of carbonyl (C=O) groups excluding carboxylic acids is 3. The normalized spacial score (nSPS) is 22.4. The van der Waals surface area contributed by atoms with E-state index < -0.39 is 90.0 Å². The summed E-state index contributed by atoms with van der Waals surface area (Å²) in [7, 11) is 0. The van der Waals surface area contributed by atoms with Crippen molar-refractivity contribution in [1.29, 1.82) is 0 Å². The minimum Gasteiger partial charge on any atom is -0.461 e. The highest BCUT2D eigenvalue weighted by molar-refractivity contribution is 5.91. The monoisotopic (exact) mass is 629 g/mol. The lowest BCUT2D eigenvalue weighted by Gasteiger charge is -2.26. The summed E-state index contributed by atoms with van der Waals surface area (Å²) < 4.78 is 25.0. The van der Waals surface area contributed by atoms with E-state index in [1.165, 1.54) is 6.92 Å². The Hall–Kier alpha value is -3.63. The van der Waals surface area contributed by atoms with Gasteiger partial charge in [-0.05, 0) is 24.8 Å². The van der Waals surface area contributed by atoms with Gasteiger partial charge in [-0.1, -0.05) is 50.6 Å². The Morgan fingerprint density at radius 1 is 1.12 bits per heavy atom. The Kier molecular flexibility index (Phi) is 13.0. The quantitative estimate of drug-likeness (QED) is 0.155. The molecule has 14 nitrogen and oxygen atoms in total. The average Bonchev–Trinajstić information content (AvgIpc) is 3.24. The van der Waals surface area contributed by atoms with Gasteiger partial charge in [0, 0.05) is 0 Å².